The number of furan rings is 1. The highest BCUT2D eigenvalue weighted by molar-refractivity contribution is 7.19. The second-order valence-electron chi connectivity index (χ2n) is 5.82. The molecule has 6 nitrogen and oxygen atoms in total. The maximum absolute atomic E-state index is 13.0. The first kappa shape index (κ1) is 17.0. The number of fused-ring (bicyclic) bond motifs is 1. The Balaban J connectivity index is 1.72. The first-order valence-electron chi connectivity index (χ1n) is 8.22. The predicted octanol–water partition coefficient (Wildman–Crippen LogP) is 3.81. The van der Waals surface area contributed by atoms with Crippen molar-refractivity contribution in [3.63, 3.8) is 0 Å². The van der Waals surface area contributed by atoms with Crippen molar-refractivity contribution in [3.05, 3.63) is 82.1 Å². The minimum absolute atomic E-state index is 0.317. The molecule has 7 heteroatoms. The van der Waals surface area contributed by atoms with Gasteiger partial charge in [0.05, 0.1) is 11.6 Å². The van der Waals surface area contributed by atoms with Crippen molar-refractivity contribution in [2.45, 2.75) is 6.92 Å². The summed E-state index contributed by atoms with van der Waals surface area (Å²) in [6.45, 7) is 1.96. The minimum atomic E-state index is -0.456. The largest absolute Gasteiger partial charge is 0.465 e. The van der Waals surface area contributed by atoms with Crippen molar-refractivity contribution >= 4 is 33.5 Å². The number of nitrogens with one attached hydrogen (secondary N) is 1. The molecule has 0 aliphatic heterocycles. The van der Waals surface area contributed by atoms with Crippen molar-refractivity contribution < 1.29 is 9.21 Å². The van der Waals surface area contributed by atoms with Crippen molar-refractivity contribution in [1.29, 1.82) is 0 Å². The Bertz CT molecular complexity index is 1190. The lowest BCUT2D eigenvalue weighted by atomic mass is 10.0. The van der Waals surface area contributed by atoms with E-state index >= 15 is 0 Å². The predicted molar refractivity (Wildman–Crippen MR) is 106 cm³/mol. The summed E-state index contributed by atoms with van der Waals surface area (Å²) in [5, 5.41) is 0.501. The van der Waals surface area contributed by atoms with Gasteiger partial charge >= 0.3 is 0 Å². The van der Waals surface area contributed by atoms with Crippen molar-refractivity contribution in [2.24, 2.45) is 0 Å². The van der Waals surface area contributed by atoms with E-state index in [2.05, 4.69) is 10.4 Å². The maximum atomic E-state index is 13.0. The SMILES string of the molecule is Cc1sc2ncn(NC(=O)C=Cc3ccco3)c(=O)c2c1-c1ccccc1. The highest BCUT2D eigenvalue weighted by Crippen LogP contribution is 2.35. The second-order valence-corrected chi connectivity index (χ2v) is 7.03. The summed E-state index contributed by atoms with van der Waals surface area (Å²) in [6, 6.07) is 13.1. The van der Waals surface area contributed by atoms with Gasteiger partial charge in [0, 0.05) is 16.5 Å². The van der Waals surface area contributed by atoms with E-state index < -0.39 is 5.91 Å². The fourth-order valence-electron chi connectivity index (χ4n) is 2.83. The van der Waals surface area contributed by atoms with Crippen LogP contribution in [0.25, 0.3) is 27.4 Å². The van der Waals surface area contributed by atoms with E-state index in [1.165, 1.54) is 36.1 Å². The smallest absolute Gasteiger partial charge is 0.281 e. The molecule has 0 saturated carbocycles. The summed E-state index contributed by atoms with van der Waals surface area (Å²) in [5.41, 5.74) is 4.01. The Hall–Kier alpha value is -3.45. The van der Waals surface area contributed by atoms with Gasteiger partial charge in [0.15, 0.2) is 0 Å². The summed E-state index contributed by atoms with van der Waals surface area (Å²) in [4.78, 5) is 31.1. The fraction of sp³-hybridized carbons (Fsp3) is 0.0500. The third kappa shape index (κ3) is 3.32. The van der Waals surface area contributed by atoms with Gasteiger partial charge in [0.2, 0.25) is 0 Å². The van der Waals surface area contributed by atoms with Crippen LogP contribution in [0.1, 0.15) is 10.6 Å². The summed E-state index contributed by atoms with van der Waals surface area (Å²) >= 11 is 1.46. The fourth-order valence-corrected chi connectivity index (χ4v) is 3.84. The lowest BCUT2D eigenvalue weighted by Crippen LogP contribution is -2.32. The zero-order valence-corrected chi connectivity index (χ0v) is 15.2. The molecule has 27 heavy (non-hydrogen) atoms. The lowest BCUT2D eigenvalue weighted by molar-refractivity contribution is -0.112. The molecule has 0 aliphatic carbocycles. The maximum Gasteiger partial charge on any atom is 0.281 e. The monoisotopic (exact) mass is 377 g/mol. The van der Waals surface area contributed by atoms with Crippen LogP contribution in [0.3, 0.4) is 0 Å². The topological polar surface area (TPSA) is 77.1 Å². The molecular formula is C20H15N3O3S. The average molecular weight is 377 g/mol. The Morgan fingerprint density at radius 1 is 1.22 bits per heavy atom. The van der Waals surface area contributed by atoms with Gasteiger partial charge in [-0.2, -0.15) is 0 Å². The zero-order valence-electron chi connectivity index (χ0n) is 14.4. The number of amides is 1. The zero-order chi connectivity index (χ0) is 18.8. The molecule has 3 aromatic heterocycles. The summed E-state index contributed by atoms with van der Waals surface area (Å²) in [6.07, 6.45) is 5.67. The number of rotatable bonds is 4. The number of aromatic nitrogens is 2. The van der Waals surface area contributed by atoms with Gasteiger partial charge in [0.25, 0.3) is 11.5 Å². The van der Waals surface area contributed by atoms with E-state index in [0.29, 0.717) is 16.0 Å². The standard InChI is InChI=1S/C20H15N3O3S/c1-13-17(14-6-3-2-4-7-14)18-19(27-13)21-12-23(20(18)25)22-16(24)10-9-15-8-5-11-26-15/h2-12H,1H3,(H,22,24). The Morgan fingerprint density at radius 3 is 2.78 bits per heavy atom. The first-order valence-corrected chi connectivity index (χ1v) is 9.04. The molecule has 4 rings (SSSR count). The molecule has 4 aromatic rings. The van der Waals surface area contributed by atoms with E-state index in [1.807, 2.05) is 37.3 Å². The van der Waals surface area contributed by atoms with E-state index in [9.17, 15) is 9.59 Å². The van der Waals surface area contributed by atoms with Crippen LogP contribution >= 0.6 is 11.3 Å². The quantitative estimate of drug-likeness (QED) is 0.549. The van der Waals surface area contributed by atoms with Crippen molar-refractivity contribution in [1.82, 2.24) is 9.66 Å². The lowest BCUT2D eigenvalue weighted by Gasteiger charge is -2.06. The summed E-state index contributed by atoms with van der Waals surface area (Å²) in [5.74, 6) is 0.0914. The molecule has 1 N–H and O–H groups in total. The molecule has 0 spiro atoms. The first-order chi connectivity index (χ1) is 13.1. The molecule has 1 amide bonds. The molecule has 0 bridgehead atoms. The summed E-state index contributed by atoms with van der Waals surface area (Å²) in [7, 11) is 0. The van der Waals surface area contributed by atoms with Crippen LogP contribution in [-0.2, 0) is 4.79 Å². The van der Waals surface area contributed by atoms with Gasteiger partial charge in [-0.1, -0.05) is 30.3 Å². The molecule has 1 aromatic carbocycles. The van der Waals surface area contributed by atoms with Gasteiger partial charge in [0.1, 0.15) is 16.9 Å². The molecule has 0 unspecified atom stereocenters. The van der Waals surface area contributed by atoms with E-state index in [1.54, 1.807) is 12.1 Å². The number of benzene rings is 1. The van der Waals surface area contributed by atoms with Crippen LogP contribution in [0.15, 0.2) is 70.3 Å². The second kappa shape index (κ2) is 7.05. The number of hydrogen-bond acceptors (Lipinski definition) is 5. The molecular weight excluding hydrogens is 362 g/mol. The molecule has 0 aliphatic rings. The van der Waals surface area contributed by atoms with Crippen LogP contribution in [0.2, 0.25) is 0 Å². The molecule has 3 heterocycles. The number of thiophene rings is 1. The van der Waals surface area contributed by atoms with Crippen molar-refractivity contribution in [2.75, 3.05) is 5.43 Å². The van der Waals surface area contributed by atoms with Gasteiger partial charge in [-0.25, -0.2) is 9.66 Å². The van der Waals surface area contributed by atoms with Gasteiger partial charge in [-0.05, 0) is 30.7 Å². The Kier molecular flexibility index (Phi) is 4.43. The highest BCUT2D eigenvalue weighted by atomic mass is 32.1. The number of hydrogen-bond donors (Lipinski definition) is 1. The van der Waals surface area contributed by atoms with Crippen LogP contribution in [0.5, 0.6) is 0 Å². The third-order valence-electron chi connectivity index (χ3n) is 4.02. The molecule has 0 fully saturated rings. The molecule has 0 saturated heterocycles. The highest BCUT2D eigenvalue weighted by Gasteiger charge is 2.17. The third-order valence-corrected chi connectivity index (χ3v) is 5.04. The van der Waals surface area contributed by atoms with Crippen LogP contribution in [0, 0.1) is 6.92 Å². The van der Waals surface area contributed by atoms with Crippen molar-refractivity contribution in [3.8, 4) is 11.1 Å². The average Bonchev–Trinajstić information content (AvgIpc) is 3.30. The number of carbonyl (C=O) groups is 1. The van der Waals surface area contributed by atoms with Gasteiger partial charge in [-0.3, -0.25) is 15.0 Å². The van der Waals surface area contributed by atoms with Gasteiger partial charge in [-0.15, -0.1) is 11.3 Å². The minimum Gasteiger partial charge on any atom is -0.465 e. The van der Waals surface area contributed by atoms with Crippen LogP contribution in [0.4, 0.5) is 0 Å². The number of nitrogens with zero attached hydrogens (tertiary/aromatic N) is 2. The number of carbonyl (C=O) groups excluding carboxylic acids is 1. The molecule has 0 atom stereocenters. The Morgan fingerprint density at radius 2 is 2.04 bits per heavy atom. The number of aryl methyl sites for hydroxylation is 1. The molecule has 0 radical (unpaired) electrons. The Labute approximate surface area is 158 Å². The van der Waals surface area contributed by atoms with Gasteiger partial charge < -0.3 is 4.42 Å². The van der Waals surface area contributed by atoms with E-state index in [0.717, 1.165) is 20.7 Å². The normalized spacial score (nSPS) is 11.3. The van der Waals surface area contributed by atoms with E-state index in [4.69, 9.17) is 4.42 Å². The van der Waals surface area contributed by atoms with Crippen LogP contribution < -0.4 is 11.0 Å². The van der Waals surface area contributed by atoms with Crippen LogP contribution in [-0.4, -0.2) is 15.6 Å². The summed E-state index contributed by atoms with van der Waals surface area (Å²) < 4.78 is 6.24. The van der Waals surface area contributed by atoms with E-state index in [-0.39, 0.29) is 5.56 Å². The molecule has 134 valence electrons.